The highest BCUT2D eigenvalue weighted by atomic mass is 19.3. The fourth-order valence-electron chi connectivity index (χ4n) is 1.45. The first-order valence-corrected chi connectivity index (χ1v) is 4.27. The number of rotatable bonds is 2. The number of benzene rings is 1. The maximum absolute atomic E-state index is 13.4. The van der Waals surface area contributed by atoms with Crippen LogP contribution in [0.4, 0.5) is 13.2 Å². The molecule has 0 spiro atoms. The topological polar surface area (TPSA) is 37.3 Å². The minimum atomic E-state index is -3.32. The van der Waals surface area contributed by atoms with Gasteiger partial charge in [0.1, 0.15) is 0 Å². The van der Waals surface area contributed by atoms with Gasteiger partial charge in [-0.2, -0.15) is 0 Å². The quantitative estimate of drug-likeness (QED) is 0.824. The van der Waals surface area contributed by atoms with Crippen LogP contribution in [0.15, 0.2) is 24.3 Å². The average Bonchev–Trinajstić information content (AvgIpc) is 2.67. The number of hydrogen-bond donors (Lipinski definition) is 1. The van der Waals surface area contributed by atoms with Crippen molar-refractivity contribution in [2.45, 2.75) is 18.0 Å². The molecule has 15 heavy (non-hydrogen) atoms. The van der Waals surface area contributed by atoms with Crippen LogP contribution in [0.3, 0.4) is 0 Å². The lowest BCUT2D eigenvalue weighted by Gasteiger charge is -2.06. The summed E-state index contributed by atoms with van der Waals surface area (Å²) in [6, 6.07) is 4.41. The van der Waals surface area contributed by atoms with E-state index in [1.165, 1.54) is 0 Å². The van der Waals surface area contributed by atoms with Crippen molar-refractivity contribution in [1.29, 1.82) is 0 Å². The third-order valence-corrected chi connectivity index (χ3v) is 2.51. The molecule has 1 atom stereocenters. The summed E-state index contributed by atoms with van der Waals surface area (Å²) in [6.45, 7) is 0. The zero-order chi connectivity index (χ0) is 11.3. The molecule has 0 aromatic heterocycles. The van der Waals surface area contributed by atoms with Crippen molar-refractivity contribution < 1.29 is 23.1 Å². The molecular weight excluding hydrogens is 209 g/mol. The van der Waals surface area contributed by atoms with Crippen molar-refractivity contribution in [3.8, 4) is 0 Å². The van der Waals surface area contributed by atoms with Crippen molar-refractivity contribution in [1.82, 2.24) is 0 Å². The maximum Gasteiger partial charge on any atom is 0.335 e. The second-order valence-corrected chi connectivity index (χ2v) is 3.56. The Balaban J connectivity index is 2.30. The largest absolute Gasteiger partial charge is 0.478 e. The van der Waals surface area contributed by atoms with Gasteiger partial charge in [-0.15, -0.1) is 0 Å². The average molecular weight is 216 g/mol. The molecule has 2 rings (SSSR count). The van der Waals surface area contributed by atoms with E-state index in [1.54, 1.807) is 0 Å². The van der Waals surface area contributed by atoms with E-state index in [0.29, 0.717) is 0 Å². The minimum Gasteiger partial charge on any atom is -0.478 e. The van der Waals surface area contributed by atoms with Gasteiger partial charge in [0.2, 0.25) is 5.67 Å². The Morgan fingerprint density at radius 1 is 1.20 bits per heavy atom. The molecule has 0 aliphatic heterocycles. The van der Waals surface area contributed by atoms with E-state index in [4.69, 9.17) is 5.11 Å². The van der Waals surface area contributed by atoms with E-state index in [2.05, 4.69) is 0 Å². The van der Waals surface area contributed by atoms with Crippen LogP contribution in [-0.2, 0) is 5.67 Å². The summed E-state index contributed by atoms with van der Waals surface area (Å²) < 4.78 is 38.7. The smallest absolute Gasteiger partial charge is 0.335 e. The van der Waals surface area contributed by atoms with Gasteiger partial charge in [-0.1, -0.05) is 12.1 Å². The Hall–Kier alpha value is -1.52. The fourth-order valence-corrected chi connectivity index (χ4v) is 1.45. The molecule has 1 aromatic carbocycles. The van der Waals surface area contributed by atoms with E-state index in [1.807, 2.05) is 0 Å². The number of hydrogen-bond acceptors (Lipinski definition) is 1. The monoisotopic (exact) mass is 216 g/mol. The van der Waals surface area contributed by atoms with Gasteiger partial charge in [-0.3, -0.25) is 0 Å². The first-order valence-electron chi connectivity index (χ1n) is 4.27. The highest BCUT2D eigenvalue weighted by Gasteiger charge is 2.74. The van der Waals surface area contributed by atoms with Gasteiger partial charge < -0.3 is 5.11 Å². The standard InChI is InChI=1S/C10H7F3O2/c11-9(5-10(9,12)13)7-3-1-6(2-4-7)8(14)15/h1-4H,5H2,(H,14,15). The maximum atomic E-state index is 13.4. The number of alkyl halides is 3. The molecule has 1 unspecified atom stereocenters. The van der Waals surface area contributed by atoms with Crippen molar-refractivity contribution >= 4 is 5.97 Å². The van der Waals surface area contributed by atoms with Crippen molar-refractivity contribution in [3.05, 3.63) is 35.4 Å². The minimum absolute atomic E-state index is 0.0497. The van der Waals surface area contributed by atoms with Gasteiger partial charge in [-0.25, -0.2) is 18.0 Å². The van der Waals surface area contributed by atoms with Crippen LogP contribution in [0.5, 0.6) is 0 Å². The summed E-state index contributed by atoms with van der Waals surface area (Å²) in [5.74, 6) is -4.49. The zero-order valence-electron chi connectivity index (χ0n) is 7.51. The van der Waals surface area contributed by atoms with E-state index < -0.39 is 24.0 Å². The van der Waals surface area contributed by atoms with Crippen LogP contribution >= 0.6 is 0 Å². The molecular formula is C10H7F3O2. The van der Waals surface area contributed by atoms with E-state index in [0.717, 1.165) is 24.3 Å². The molecule has 0 heterocycles. The molecule has 1 saturated carbocycles. The molecule has 0 saturated heterocycles. The SMILES string of the molecule is O=C(O)c1ccc(C2(F)CC2(F)F)cc1. The molecule has 1 fully saturated rings. The molecule has 1 aromatic rings. The third-order valence-electron chi connectivity index (χ3n) is 2.51. The number of aromatic carboxylic acids is 1. The van der Waals surface area contributed by atoms with Crippen molar-refractivity contribution in [2.24, 2.45) is 0 Å². The van der Waals surface area contributed by atoms with Gasteiger partial charge in [0.25, 0.3) is 5.92 Å². The van der Waals surface area contributed by atoms with Gasteiger partial charge in [0, 0.05) is 0 Å². The van der Waals surface area contributed by atoms with Crippen LogP contribution in [-0.4, -0.2) is 17.0 Å². The predicted octanol–water partition coefficient (Wildman–Crippen LogP) is 2.59. The lowest BCUT2D eigenvalue weighted by Crippen LogP contribution is -2.10. The van der Waals surface area contributed by atoms with Gasteiger partial charge in [-0.05, 0) is 17.7 Å². The molecule has 5 heteroatoms. The number of carboxylic acids is 1. The predicted molar refractivity (Wildman–Crippen MR) is 45.8 cm³/mol. The van der Waals surface area contributed by atoms with E-state index in [-0.39, 0.29) is 11.1 Å². The normalized spacial score (nSPS) is 27.4. The van der Waals surface area contributed by atoms with Crippen LogP contribution in [0.1, 0.15) is 22.3 Å². The zero-order valence-corrected chi connectivity index (χ0v) is 7.51. The molecule has 0 bridgehead atoms. The van der Waals surface area contributed by atoms with E-state index in [9.17, 15) is 18.0 Å². The molecule has 80 valence electrons. The molecule has 1 aliphatic carbocycles. The first-order chi connectivity index (χ1) is 6.87. The highest BCUT2D eigenvalue weighted by molar-refractivity contribution is 5.87. The van der Waals surface area contributed by atoms with Crippen LogP contribution in [0.25, 0.3) is 0 Å². The lowest BCUT2D eigenvalue weighted by molar-refractivity contribution is 0.0421. The van der Waals surface area contributed by atoms with E-state index >= 15 is 0 Å². The Labute approximate surface area is 83.3 Å². The second-order valence-electron chi connectivity index (χ2n) is 3.56. The van der Waals surface area contributed by atoms with Gasteiger partial charge in [0.15, 0.2) is 0 Å². The Kier molecular flexibility index (Phi) is 1.83. The van der Waals surface area contributed by atoms with Gasteiger partial charge in [0.05, 0.1) is 12.0 Å². The van der Waals surface area contributed by atoms with Crippen molar-refractivity contribution in [3.63, 3.8) is 0 Å². The third kappa shape index (κ3) is 1.38. The second kappa shape index (κ2) is 2.74. The summed E-state index contributed by atoms with van der Waals surface area (Å²) >= 11 is 0. The summed E-state index contributed by atoms with van der Waals surface area (Å²) in [6.07, 6.45) is -0.827. The molecule has 0 amide bonds. The Morgan fingerprint density at radius 3 is 2.00 bits per heavy atom. The molecule has 0 radical (unpaired) electrons. The number of carbonyl (C=O) groups is 1. The number of halogens is 3. The summed E-state index contributed by atoms with van der Waals surface area (Å²) in [4.78, 5) is 10.5. The molecule has 1 N–H and O–H groups in total. The van der Waals surface area contributed by atoms with Gasteiger partial charge >= 0.3 is 5.97 Å². The van der Waals surface area contributed by atoms with Crippen LogP contribution in [0.2, 0.25) is 0 Å². The number of carboxylic acid groups (broad SMARTS) is 1. The summed E-state index contributed by atoms with van der Waals surface area (Å²) in [5.41, 5.74) is -2.83. The Bertz CT molecular complexity index is 413. The highest BCUT2D eigenvalue weighted by Crippen LogP contribution is 2.62. The van der Waals surface area contributed by atoms with Crippen LogP contribution in [0, 0.1) is 0 Å². The summed E-state index contributed by atoms with van der Waals surface area (Å²) in [5, 5.41) is 8.55. The van der Waals surface area contributed by atoms with Crippen molar-refractivity contribution in [2.75, 3.05) is 0 Å². The molecule has 1 aliphatic rings. The first kappa shape index (κ1) is 10.0. The Morgan fingerprint density at radius 2 is 1.67 bits per heavy atom. The van der Waals surface area contributed by atoms with Crippen LogP contribution < -0.4 is 0 Å². The fraction of sp³-hybridized carbons (Fsp3) is 0.300. The molecule has 2 nitrogen and oxygen atoms in total. The summed E-state index contributed by atoms with van der Waals surface area (Å²) in [7, 11) is 0. The lowest BCUT2D eigenvalue weighted by atomic mass is 10.1.